The molecule has 0 amide bonds. The minimum absolute atomic E-state index is 0.253. The number of ether oxygens (including phenoxy) is 1. The lowest BCUT2D eigenvalue weighted by Gasteiger charge is -2.23. The van der Waals surface area contributed by atoms with E-state index in [9.17, 15) is 0 Å². The number of hydrogen-bond donors (Lipinski definition) is 0. The molecular weight excluding hydrogens is 392 g/mol. The zero-order valence-corrected chi connectivity index (χ0v) is 15.0. The lowest BCUT2D eigenvalue weighted by atomic mass is 10.1. The number of rotatable bonds is 5. The molecule has 0 unspecified atom stereocenters. The zero-order chi connectivity index (χ0) is 15.7. The molecule has 1 aliphatic rings. The van der Waals surface area contributed by atoms with Gasteiger partial charge in [-0.2, -0.15) is 4.52 Å². The van der Waals surface area contributed by atoms with Crippen LogP contribution in [0.4, 0.5) is 5.69 Å². The molecule has 6 nitrogen and oxygen atoms in total. The normalized spacial score (nSPS) is 15.8. The molecule has 0 aliphatic heterocycles. The second-order valence-corrected chi connectivity index (χ2v) is 7.11. The van der Waals surface area contributed by atoms with Crippen molar-refractivity contribution >= 4 is 41.9 Å². The van der Waals surface area contributed by atoms with Crippen LogP contribution in [0.15, 0.2) is 6.07 Å². The van der Waals surface area contributed by atoms with Crippen LogP contribution in [0.3, 0.4) is 0 Å². The van der Waals surface area contributed by atoms with Gasteiger partial charge in [0.05, 0.1) is 5.69 Å². The summed E-state index contributed by atoms with van der Waals surface area (Å²) in [6.45, 7) is 4.98. The maximum atomic E-state index is 6.21. The summed E-state index contributed by atoms with van der Waals surface area (Å²) in [5.41, 5.74) is 1.46. The Kier molecular flexibility index (Phi) is 4.74. The maximum absolute atomic E-state index is 6.21. The van der Waals surface area contributed by atoms with E-state index in [0.29, 0.717) is 21.3 Å². The van der Waals surface area contributed by atoms with Gasteiger partial charge in [0.1, 0.15) is 6.10 Å². The van der Waals surface area contributed by atoms with E-state index >= 15 is 0 Å². The third-order valence-electron chi connectivity index (χ3n) is 3.75. The molecule has 0 spiro atoms. The number of fused-ring (bicyclic) bond motifs is 1. The Hall–Kier alpha value is -1.06. The molecule has 2 heterocycles. The predicted octanol–water partition coefficient (Wildman–Crippen LogP) is 2.60. The minimum Gasteiger partial charge on any atom is -0.473 e. The van der Waals surface area contributed by atoms with E-state index < -0.39 is 0 Å². The Balaban J connectivity index is 1.96. The summed E-state index contributed by atoms with van der Waals surface area (Å²) in [6, 6.07) is 1.88. The lowest BCUT2D eigenvalue weighted by Crippen LogP contribution is -2.25. The highest BCUT2D eigenvalue weighted by Gasteiger charge is 2.20. The van der Waals surface area contributed by atoms with Crippen LogP contribution in [-0.2, 0) is 0 Å². The topological polar surface area (TPSA) is 55.5 Å². The molecule has 1 saturated carbocycles. The number of halogens is 1. The van der Waals surface area contributed by atoms with E-state index in [1.165, 1.54) is 12.8 Å². The molecule has 0 atom stereocenters. The van der Waals surface area contributed by atoms with Crippen molar-refractivity contribution in [2.24, 2.45) is 5.92 Å². The largest absolute Gasteiger partial charge is 0.473 e. The monoisotopic (exact) mass is 411 g/mol. The second-order valence-electron chi connectivity index (χ2n) is 6.14. The Morgan fingerprint density at radius 3 is 2.82 bits per heavy atom. The molecule has 2 radical (unpaired) electrons. The first kappa shape index (κ1) is 15.8. The van der Waals surface area contributed by atoms with Crippen molar-refractivity contribution in [3.05, 3.63) is 9.90 Å². The van der Waals surface area contributed by atoms with Crippen molar-refractivity contribution in [3.63, 3.8) is 0 Å². The van der Waals surface area contributed by atoms with Crippen molar-refractivity contribution < 1.29 is 4.74 Å². The van der Waals surface area contributed by atoms with Gasteiger partial charge in [0.2, 0.25) is 23.3 Å². The molecule has 2 aromatic rings. The Morgan fingerprint density at radius 1 is 1.41 bits per heavy atom. The molecule has 0 saturated heterocycles. The summed E-state index contributed by atoms with van der Waals surface area (Å²) in [4.78, 5) is 1.70. The fraction of sp³-hybridized carbons (Fsp3) is 0.643. The molecular formula is C14H19BIN5O. The zero-order valence-electron chi connectivity index (χ0n) is 12.9. The molecule has 2 aromatic heterocycles. The van der Waals surface area contributed by atoms with E-state index in [1.54, 1.807) is 9.33 Å². The van der Waals surface area contributed by atoms with E-state index in [-0.39, 0.29) is 6.10 Å². The van der Waals surface area contributed by atoms with Crippen molar-refractivity contribution in [1.29, 1.82) is 0 Å². The average Bonchev–Trinajstić information content (AvgIpc) is 3.08. The van der Waals surface area contributed by atoms with E-state index in [4.69, 9.17) is 12.7 Å². The van der Waals surface area contributed by atoms with Gasteiger partial charge >= 0.3 is 0 Å². The van der Waals surface area contributed by atoms with Gasteiger partial charge in [0.15, 0.2) is 0 Å². The lowest BCUT2D eigenvalue weighted by molar-refractivity contribution is 0.198. The summed E-state index contributed by atoms with van der Waals surface area (Å²) in [7, 11) is 6.21. The number of nitrogens with zero attached hydrogens (tertiary/aromatic N) is 5. The van der Waals surface area contributed by atoms with Crippen molar-refractivity contribution in [2.45, 2.75) is 45.6 Å². The fourth-order valence-corrected chi connectivity index (χ4v) is 3.20. The van der Waals surface area contributed by atoms with Gasteiger partial charge in [-0.1, -0.05) is 13.8 Å². The predicted molar refractivity (Wildman–Crippen MR) is 94.3 cm³/mol. The van der Waals surface area contributed by atoms with Crippen LogP contribution in [0.25, 0.3) is 5.65 Å². The number of aromatic nitrogens is 4. The first-order chi connectivity index (χ1) is 10.5. The van der Waals surface area contributed by atoms with Crippen LogP contribution in [0.1, 0.15) is 39.5 Å². The van der Waals surface area contributed by atoms with Crippen LogP contribution in [0, 0.1) is 9.75 Å². The molecule has 22 heavy (non-hydrogen) atoms. The van der Waals surface area contributed by atoms with Gasteiger partial charge in [-0.05, 0) is 31.6 Å². The summed E-state index contributed by atoms with van der Waals surface area (Å²) in [6.07, 6.45) is 4.88. The molecule has 1 fully saturated rings. The Labute approximate surface area is 145 Å². The maximum Gasteiger partial charge on any atom is 0.234 e. The summed E-state index contributed by atoms with van der Waals surface area (Å²) < 4.78 is 8.42. The van der Waals surface area contributed by atoms with Crippen LogP contribution < -0.4 is 9.55 Å². The van der Waals surface area contributed by atoms with E-state index in [1.807, 2.05) is 6.07 Å². The van der Waals surface area contributed by atoms with Gasteiger partial charge in [0, 0.05) is 35.2 Å². The van der Waals surface area contributed by atoms with Gasteiger partial charge in [0.25, 0.3) is 0 Å². The Bertz CT molecular complexity index is 656. The van der Waals surface area contributed by atoms with Crippen molar-refractivity contribution in [2.75, 3.05) is 11.4 Å². The van der Waals surface area contributed by atoms with Gasteiger partial charge in [-0.15, -0.1) is 15.3 Å². The highest BCUT2D eigenvalue weighted by Crippen LogP contribution is 2.28. The minimum atomic E-state index is 0.253. The van der Waals surface area contributed by atoms with Crippen LogP contribution in [0.5, 0.6) is 5.88 Å². The van der Waals surface area contributed by atoms with Gasteiger partial charge < -0.3 is 9.55 Å². The summed E-state index contributed by atoms with van der Waals surface area (Å²) in [5.74, 6) is 1.03. The summed E-state index contributed by atoms with van der Waals surface area (Å²) >= 11 is 2.11. The molecule has 8 heteroatoms. The molecule has 0 bridgehead atoms. The number of anilines is 1. The SMILES string of the molecule is [B]N(CC(C)C)c1cc(OC2CCCC2)nn2c(I)nnc12. The summed E-state index contributed by atoms with van der Waals surface area (Å²) in [5, 5.41) is 12.8. The molecule has 0 aromatic carbocycles. The van der Waals surface area contributed by atoms with Crippen LogP contribution in [0.2, 0.25) is 0 Å². The van der Waals surface area contributed by atoms with E-state index in [2.05, 4.69) is 51.7 Å². The van der Waals surface area contributed by atoms with Gasteiger partial charge in [-0.3, -0.25) is 0 Å². The van der Waals surface area contributed by atoms with Crippen LogP contribution in [-0.4, -0.2) is 40.4 Å². The van der Waals surface area contributed by atoms with Gasteiger partial charge in [-0.25, -0.2) is 0 Å². The van der Waals surface area contributed by atoms with Crippen molar-refractivity contribution in [1.82, 2.24) is 19.8 Å². The van der Waals surface area contributed by atoms with Crippen molar-refractivity contribution in [3.8, 4) is 5.88 Å². The first-order valence-electron chi connectivity index (χ1n) is 7.65. The molecule has 3 rings (SSSR count). The average molecular weight is 411 g/mol. The molecule has 1 aliphatic carbocycles. The second kappa shape index (κ2) is 6.60. The van der Waals surface area contributed by atoms with Crippen LogP contribution >= 0.6 is 22.6 Å². The highest BCUT2D eigenvalue weighted by molar-refractivity contribution is 14.1. The highest BCUT2D eigenvalue weighted by atomic mass is 127. The fourth-order valence-electron chi connectivity index (χ4n) is 2.76. The third kappa shape index (κ3) is 3.31. The van der Waals surface area contributed by atoms with E-state index in [0.717, 1.165) is 25.1 Å². The first-order valence-corrected chi connectivity index (χ1v) is 8.73. The standard InChI is InChI=1S/C14H19BIN5O/c1-9(2)8-20(15)11-7-12(22-10-5-3-4-6-10)19-21-13(11)17-18-14(21)16/h7,9-10H,3-6,8H2,1-2H3. The quantitative estimate of drug-likeness (QED) is 0.560. The third-order valence-corrected chi connectivity index (χ3v) is 4.42. The smallest absolute Gasteiger partial charge is 0.234 e. The Morgan fingerprint density at radius 2 is 2.14 bits per heavy atom. The number of hydrogen-bond acceptors (Lipinski definition) is 5. The molecule has 0 N–H and O–H groups in total. The molecule has 116 valence electrons.